The lowest BCUT2D eigenvalue weighted by atomic mass is 10.1. The summed E-state index contributed by atoms with van der Waals surface area (Å²) in [6.45, 7) is 8.13. The second-order valence-corrected chi connectivity index (χ2v) is 12.3. The molecule has 3 N–H and O–H groups in total. The van der Waals surface area contributed by atoms with Crippen LogP contribution in [0.25, 0.3) is 6.08 Å². The second-order valence-electron chi connectivity index (χ2n) is 11.4. The lowest BCUT2D eigenvalue weighted by Crippen LogP contribution is -2.48. The molecule has 2 heterocycles. The Hall–Kier alpha value is -3.69. The zero-order valence-electron chi connectivity index (χ0n) is 27.1. The number of benzene rings is 2. The normalized spacial score (nSPS) is 13.0. The lowest BCUT2D eigenvalue weighted by Gasteiger charge is -2.35. The fourth-order valence-electron chi connectivity index (χ4n) is 5.18. The highest BCUT2D eigenvalue weighted by atomic mass is 35.5. The van der Waals surface area contributed by atoms with Crippen molar-refractivity contribution in [3.63, 3.8) is 0 Å². The summed E-state index contributed by atoms with van der Waals surface area (Å²) >= 11 is 1.54. The smallest absolute Gasteiger partial charge is 0.246 e. The van der Waals surface area contributed by atoms with Gasteiger partial charge in [-0.15, -0.1) is 23.7 Å². The maximum absolute atomic E-state index is 13.1. The Bertz CT molecular complexity index is 1340. The van der Waals surface area contributed by atoms with Gasteiger partial charge in [0.05, 0.1) is 18.1 Å². The summed E-state index contributed by atoms with van der Waals surface area (Å²) in [5.74, 6) is 1.15. The minimum absolute atomic E-state index is 0. The van der Waals surface area contributed by atoms with E-state index in [1.165, 1.54) is 11.3 Å². The van der Waals surface area contributed by atoms with Gasteiger partial charge in [-0.2, -0.15) is 0 Å². The zero-order chi connectivity index (χ0) is 31.9. The molecular formula is C36H49ClN4O4S. The maximum Gasteiger partial charge on any atom is 0.246 e. The minimum Gasteiger partial charge on any atom is -0.502 e. The van der Waals surface area contributed by atoms with Crippen molar-refractivity contribution in [3.05, 3.63) is 70.4 Å². The average Bonchev–Trinajstić information content (AvgIpc) is 3.61. The highest BCUT2D eigenvalue weighted by Gasteiger charge is 2.20. The van der Waals surface area contributed by atoms with Gasteiger partial charge in [0.2, 0.25) is 11.7 Å². The third-order valence-electron chi connectivity index (χ3n) is 7.85. The molecule has 1 aliphatic rings. The first-order valence-electron chi connectivity index (χ1n) is 16.3. The number of ether oxygens (including phenoxy) is 2. The quantitative estimate of drug-likeness (QED) is 0.0577. The van der Waals surface area contributed by atoms with E-state index < -0.39 is 0 Å². The Kier molecular flexibility index (Phi) is 15.8. The largest absolute Gasteiger partial charge is 0.502 e. The molecule has 1 saturated heterocycles. The molecule has 1 aliphatic heterocycles. The molecule has 46 heavy (non-hydrogen) atoms. The first-order valence-corrected chi connectivity index (χ1v) is 17.2. The number of rotatable bonds is 17. The zero-order valence-corrected chi connectivity index (χ0v) is 28.8. The Balaban J connectivity index is 0.00000576. The molecule has 1 fully saturated rings. The maximum atomic E-state index is 13.1. The Labute approximate surface area is 284 Å². The molecule has 0 atom stereocenters. The molecule has 10 heteroatoms. The van der Waals surface area contributed by atoms with Gasteiger partial charge in [-0.25, -0.2) is 0 Å². The summed E-state index contributed by atoms with van der Waals surface area (Å²) in [6.07, 6.45) is 12.0. The van der Waals surface area contributed by atoms with Crippen LogP contribution in [0.2, 0.25) is 0 Å². The van der Waals surface area contributed by atoms with Crippen LogP contribution < -0.4 is 19.7 Å². The molecule has 0 saturated carbocycles. The van der Waals surface area contributed by atoms with E-state index in [9.17, 15) is 9.90 Å². The van der Waals surface area contributed by atoms with Gasteiger partial charge in [-0.3, -0.25) is 10.2 Å². The number of anilines is 2. The molecule has 1 amide bonds. The minimum atomic E-state index is -0.0431. The molecule has 250 valence electrons. The monoisotopic (exact) mass is 668 g/mol. The first-order chi connectivity index (χ1) is 22.0. The average molecular weight is 669 g/mol. The van der Waals surface area contributed by atoms with E-state index >= 15 is 0 Å². The number of amidine groups is 1. The highest BCUT2D eigenvalue weighted by molar-refractivity contribution is 7.12. The number of nitrogens with one attached hydrogen (secondary N) is 2. The molecule has 0 aliphatic carbocycles. The van der Waals surface area contributed by atoms with Gasteiger partial charge in [0.25, 0.3) is 0 Å². The van der Waals surface area contributed by atoms with Crippen molar-refractivity contribution in [1.29, 1.82) is 5.41 Å². The Morgan fingerprint density at radius 3 is 2.07 bits per heavy atom. The predicted octanol–water partition coefficient (Wildman–Crippen LogP) is 8.59. The van der Waals surface area contributed by atoms with Crippen LogP contribution in [0.5, 0.6) is 17.2 Å². The molecule has 0 unspecified atom stereocenters. The number of amides is 1. The predicted molar refractivity (Wildman–Crippen MR) is 194 cm³/mol. The van der Waals surface area contributed by atoms with E-state index in [0.29, 0.717) is 43.6 Å². The topological polar surface area (TPSA) is 98.1 Å². The number of phenolic OH excluding ortho intramolecular Hbond substituents is 1. The van der Waals surface area contributed by atoms with Crippen LogP contribution in [0.15, 0.2) is 60.0 Å². The number of hydrogen-bond acceptors (Lipinski definition) is 7. The molecule has 2 aromatic carbocycles. The molecule has 0 radical (unpaired) electrons. The third kappa shape index (κ3) is 11.3. The first kappa shape index (κ1) is 36.8. The van der Waals surface area contributed by atoms with Crippen LogP contribution in [0.1, 0.15) is 75.7 Å². The van der Waals surface area contributed by atoms with Crippen molar-refractivity contribution < 1.29 is 19.4 Å². The number of halogens is 1. The molecular weight excluding hydrogens is 620 g/mol. The van der Waals surface area contributed by atoms with Crippen molar-refractivity contribution in [2.75, 3.05) is 49.6 Å². The third-order valence-corrected chi connectivity index (χ3v) is 8.74. The molecule has 0 bridgehead atoms. The molecule has 8 nitrogen and oxygen atoms in total. The number of piperazine rings is 1. The fourth-order valence-corrected chi connectivity index (χ4v) is 5.81. The van der Waals surface area contributed by atoms with Crippen molar-refractivity contribution in [2.45, 2.75) is 65.2 Å². The molecule has 3 aromatic rings. The summed E-state index contributed by atoms with van der Waals surface area (Å²) in [5.41, 5.74) is 2.73. The standard InChI is InChI=1S/C36H48N4O4S.ClH/c1-3-5-7-9-23-43-31-26-28(27-32(35(31)42)44-24-10-8-6-4-2)13-18-34(41)40-21-19-39(20-22-40)30-16-14-29(15-17-30)38-36(37)33-12-11-25-45-33;/h11-18,25-27,42H,3-10,19-24H2,1-2H3,(H2,37,38);1H. The van der Waals surface area contributed by atoms with Gasteiger partial charge in [0.1, 0.15) is 5.84 Å². The summed E-state index contributed by atoms with van der Waals surface area (Å²) < 4.78 is 11.9. The summed E-state index contributed by atoms with van der Waals surface area (Å²) in [4.78, 5) is 18.2. The number of phenols is 1. The summed E-state index contributed by atoms with van der Waals surface area (Å²) in [5, 5.41) is 24.2. The van der Waals surface area contributed by atoms with Gasteiger partial charge < -0.3 is 29.7 Å². The van der Waals surface area contributed by atoms with Gasteiger partial charge >= 0.3 is 0 Å². The van der Waals surface area contributed by atoms with Gasteiger partial charge in [0, 0.05) is 43.6 Å². The van der Waals surface area contributed by atoms with E-state index in [-0.39, 0.29) is 24.1 Å². The number of aromatic hydroxyl groups is 1. The van der Waals surface area contributed by atoms with Gasteiger partial charge in [-0.05, 0) is 72.3 Å². The van der Waals surface area contributed by atoms with Crippen molar-refractivity contribution in [1.82, 2.24) is 4.90 Å². The van der Waals surface area contributed by atoms with Crippen molar-refractivity contribution in [3.8, 4) is 17.2 Å². The van der Waals surface area contributed by atoms with E-state index in [2.05, 4.69) is 36.2 Å². The van der Waals surface area contributed by atoms with Crippen LogP contribution in [-0.2, 0) is 4.79 Å². The van der Waals surface area contributed by atoms with E-state index in [1.54, 1.807) is 24.3 Å². The molecule has 4 rings (SSSR count). The van der Waals surface area contributed by atoms with Gasteiger partial charge in [0.15, 0.2) is 11.5 Å². The van der Waals surface area contributed by atoms with E-state index in [4.69, 9.17) is 14.9 Å². The summed E-state index contributed by atoms with van der Waals surface area (Å²) in [6, 6.07) is 15.5. The van der Waals surface area contributed by atoms with Gasteiger partial charge in [-0.1, -0.05) is 58.4 Å². The van der Waals surface area contributed by atoms with E-state index in [0.717, 1.165) is 86.3 Å². The Morgan fingerprint density at radius 1 is 0.913 bits per heavy atom. The number of nitrogens with zero attached hydrogens (tertiary/aromatic N) is 2. The van der Waals surface area contributed by atoms with E-state index in [1.807, 2.05) is 34.5 Å². The fraction of sp³-hybridized carbons (Fsp3) is 0.444. The van der Waals surface area contributed by atoms with Crippen LogP contribution in [0.4, 0.5) is 11.4 Å². The number of unbranched alkanes of at least 4 members (excludes halogenated alkanes) is 6. The van der Waals surface area contributed by atoms with Crippen LogP contribution in [0.3, 0.4) is 0 Å². The lowest BCUT2D eigenvalue weighted by molar-refractivity contribution is -0.126. The van der Waals surface area contributed by atoms with Crippen LogP contribution in [-0.4, -0.2) is 61.1 Å². The highest BCUT2D eigenvalue weighted by Crippen LogP contribution is 2.38. The van der Waals surface area contributed by atoms with Crippen molar-refractivity contribution in [2.24, 2.45) is 0 Å². The van der Waals surface area contributed by atoms with Crippen LogP contribution in [0, 0.1) is 5.41 Å². The SMILES string of the molecule is CCCCCCOc1cc(C=CC(=O)N2CCN(c3ccc(NC(=N)c4cccs4)cc3)CC2)cc(OCCCCCC)c1O.Cl. The second kappa shape index (κ2) is 19.7. The molecule has 0 spiro atoms. The van der Waals surface area contributed by atoms with Crippen LogP contribution >= 0.6 is 23.7 Å². The Morgan fingerprint density at radius 2 is 1.52 bits per heavy atom. The van der Waals surface area contributed by atoms with Crippen molar-refractivity contribution >= 4 is 52.9 Å². The summed E-state index contributed by atoms with van der Waals surface area (Å²) in [7, 11) is 0. The molecule has 1 aromatic heterocycles. The number of carbonyl (C=O) groups is 1. The number of hydrogen-bond donors (Lipinski definition) is 3. The number of thiophene rings is 1. The number of carbonyl (C=O) groups excluding carboxylic acids is 1.